The van der Waals surface area contributed by atoms with E-state index in [1.807, 2.05) is 44.2 Å². The lowest BCUT2D eigenvalue weighted by atomic mass is 9.83. The zero-order valence-electron chi connectivity index (χ0n) is 33.7. The van der Waals surface area contributed by atoms with E-state index in [0.29, 0.717) is 42.9 Å². The highest BCUT2D eigenvalue weighted by Gasteiger charge is 2.31. The summed E-state index contributed by atoms with van der Waals surface area (Å²) in [7, 11) is 0. The zero-order chi connectivity index (χ0) is 41.0. The van der Waals surface area contributed by atoms with E-state index in [1.54, 1.807) is 13.8 Å². The molecule has 1 aliphatic carbocycles. The van der Waals surface area contributed by atoms with Crippen molar-refractivity contribution < 1.29 is 29.1 Å². The van der Waals surface area contributed by atoms with Crippen LogP contribution in [0.4, 0.5) is 5.82 Å². The van der Waals surface area contributed by atoms with Gasteiger partial charge in [-0.1, -0.05) is 89.1 Å². The highest BCUT2D eigenvalue weighted by Crippen LogP contribution is 2.28. The first-order chi connectivity index (χ1) is 26.8. The van der Waals surface area contributed by atoms with Gasteiger partial charge in [-0.2, -0.15) is 0 Å². The standard InChI is InChI=1S/C41H65N9O6/c1-5-26(2)38(41(56)44-24-33-39(43)47-28(4)27(3)46-33)50-36(53)23-34(51)31(21-29-15-9-6-10-16-29)48-37(54)25-45-40(55)32(22-30-17-11-7-12-18-30)49-35(52)19-13-8-14-20-42/h7,11-12,17-18,26,29,31-32,34,38,51H,5-6,8-10,13-16,19-25,42H2,1-4H3,(H2,43,47)(H,44,56)(H,45,55)(H,48,54)(H,49,52)(H,50,53)/t26-,31-,32-,34-,38-/m0/s1. The van der Waals surface area contributed by atoms with Gasteiger partial charge in [0.1, 0.15) is 23.6 Å². The van der Waals surface area contributed by atoms with Crippen molar-refractivity contribution in [3.05, 3.63) is 53.0 Å². The molecular weight excluding hydrogens is 715 g/mol. The van der Waals surface area contributed by atoms with Crippen LogP contribution in [0.25, 0.3) is 0 Å². The summed E-state index contributed by atoms with van der Waals surface area (Å²) in [5.74, 6) is -2.02. The van der Waals surface area contributed by atoms with Crippen LogP contribution in [0, 0.1) is 25.7 Å². The van der Waals surface area contributed by atoms with Crippen molar-refractivity contribution in [2.75, 3.05) is 18.8 Å². The van der Waals surface area contributed by atoms with Gasteiger partial charge in [-0.3, -0.25) is 29.0 Å². The number of unbranched alkanes of at least 4 members (excludes halogenated alkanes) is 2. The minimum atomic E-state index is -1.26. The molecule has 0 spiro atoms. The number of carbonyl (C=O) groups is 5. The molecule has 56 heavy (non-hydrogen) atoms. The molecule has 10 N–H and O–H groups in total. The fourth-order valence-corrected chi connectivity index (χ4v) is 6.92. The Morgan fingerprint density at radius 1 is 0.857 bits per heavy atom. The lowest BCUT2D eigenvalue weighted by molar-refractivity contribution is -0.132. The molecule has 1 aliphatic rings. The molecule has 0 radical (unpaired) electrons. The number of amides is 5. The molecule has 1 heterocycles. The van der Waals surface area contributed by atoms with Crippen LogP contribution in [-0.2, 0) is 36.9 Å². The Labute approximate surface area is 331 Å². The van der Waals surface area contributed by atoms with Crippen molar-refractivity contribution in [1.82, 2.24) is 36.6 Å². The maximum atomic E-state index is 13.4. The van der Waals surface area contributed by atoms with Crippen LogP contribution < -0.4 is 38.1 Å². The number of aliphatic hydroxyl groups excluding tert-OH is 1. The maximum Gasteiger partial charge on any atom is 0.243 e. The summed E-state index contributed by atoms with van der Waals surface area (Å²) in [4.78, 5) is 74.9. The predicted octanol–water partition coefficient (Wildman–Crippen LogP) is 2.39. The number of carbonyl (C=O) groups excluding carboxylic acids is 5. The van der Waals surface area contributed by atoms with Crippen LogP contribution in [0.5, 0.6) is 0 Å². The third-order valence-corrected chi connectivity index (χ3v) is 10.6. The van der Waals surface area contributed by atoms with Crippen molar-refractivity contribution in [1.29, 1.82) is 0 Å². The lowest BCUT2D eigenvalue weighted by Gasteiger charge is -2.31. The molecule has 5 atom stereocenters. The van der Waals surface area contributed by atoms with Crippen LogP contribution >= 0.6 is 0 Å². The normalized spacial score (nSPS) is 15.8. The number of nitrogens with two attached hydrogens (primary N) is 2. The van der Waals surface area contributed by atoms with E-state index >= 15 is 0 Å². The number of benzene rings is 1. The van der Waals surface area contributed by atoms with Gasteiger partial charge in [0.05, 0.1) is 43.0 Å². The summed E-state index contributed by atoms with van der Waals surface area (Å²) >= 11 is 0. The molecule has 2 aromatic rings. The largest absolute Gasteiger partial charge is 0.390 e. The van der Waals surface area contributed by atoms with E-state index in [9.17, 15) is 29.1 Å². The summed E-state index contributed by atoms with van der Waals surface area (Å²) in [5.41, 5.74) is 14.3. The second-order valence-corrected chi connectivity index (χ2v) is 15.2. The second-order valence-electron chi connectivity index (χ2n) is 15.2. The number of rotatable bonds is 23. The molecule has 1 fully saturated rings. The van der Waals surface area contributed by atoms with Crippen LogP contribution in [0.1, 0.15) is 114 Å². The molecule has 3 rings (SSSR count). The minimum absolute atomic E-state index is 0.0326. The van der Waals surface area contributed by atoms with Gasteiger partial charge >= 0.3 is 0 Å². The fraction of sp³-hybridized carbons (Fsp3) is 0.634. The molecule has 1 aromatic carbocycles. The SMILES string of the molecule is CC[C@H](C)[C@H](NC(=O)C[C@H](O)[C@H](CC1CCCCC1)NC(=O)CNC(=O)[C@H](Cc1ccccc1)NC(=O)CCCCCN)C(=O)NCc1nc(C)c(C)nc1N. The van der Waals surface area contributed by atoms with E-state index in [2.05, 4.69) is 36.6 Å². The first-order valence-corrected chi connectivity index (χ1v) is 20.3. The second kappa shape index (κ2) is 24.1. The van der Waals surface area contributed by atoms with Crippen molar-refractivity contribution in [3.8, 4) is 0 Å². The number of aliphatic hydroxyl groups is 1. The minimum Gasteiger partial charge on any atom is -0.390 e. The van der Waals surface area contributed by atoms with E-state index in [1.165, 1.54) is 0 Å². The van der Waals surface area contributed by atoms with Gasteiger partial charge in [-0.25, -0.2) is 4.98 Å². The van der Waals surface area contributed by atoms with Crippen molar-refractivity contribution >= 4 is 35.4 Å². The quantitative estimate of drug-likeness (QED) is 0.0766. The van der Waals surface area contributed by atoms with Crippen LogP contribution in [0.3, 0.4) is 0 Å². The number of hydrogen-bond donors (Lipinski definition) is 8. The van der Waals surface area contributed by atoms with Gasteiger partial charge in [0, 0.05) is 12.8 Å². The van der Waals surface area contributed by atoms with Gasteiger partial charge < -0.3 is 43.2 Å². The Hall–Kier alpha value is -4.63. The number of hydrogen-bond acceptors (Lipinski definition) is 10. The molecule has 1 saturated carbocycles. The highest BCUT2D eigenvalue weighted by atomic mass is 16.3. The van der Waals surface area contributed by atoms with Gasteiger partial charge in [0.25, 0.3) is 0 Å². The third-order valence-electron chi connectivity index (χ3n) is 10.6. The summed E-state index contributed by atoms with van der Waals surface area (Å²) in [6, 6.07) is 6.73. The molecule has 5 amide bonds. The average molecular weight is 780 g/mol. The number of anilines is 1. The number of nitrogens with zero attached hydrogens (tertiary/aromatic N) is 2. The molecule has 1 aromatic heterocycles. The van der Waals surface area contributed by atoms with Crippen LogP contribution in [-0.4, -0.2) is 81.9 Å². The molecule has 15 heteroatoms. The van der Waals surface area contributed by atoms with E-state index in [0.717, 1.165) is 50.5 Å². The zero-order valence-corrected chi connectivity index (χ0v) is 33.7. The Balaban J connectivity index is 1.64. The molecule has 0 unspecified atom stereocenters. The molecule has 15 nitrogen and oxygen atoms in total. The van der Waals surface area contributed by atoms with E-state index < -0.39 is 47.9 Å². The van der Waals surface area contributed by atoms with Gasteiger partial charge in [-0.15, -0.1) is 0 Å². The van der Waals surface area contributed by atoms with Crippen LogP contribution in [0.2, 0.25) is 0 Å². The first kappa shape index (κ1) is 45.8. The summed E-state index contributed by atoms with van der Waals surface area (Å²) in [5, 5.41) is 25.4. The molecule has 0 aliphatic heterocycles. The smallest absolute Gasteiger partial charge is 0.243 e. The van der Waals surface area contributed by atoms with Gasteiger partial charge in [-0.05, 0) is 57.1 Å². The Morgan fingerprint density at radius 3 is 2.23 bits per heavy atom. The Kier molecular flexibility index (Phi) is 19.7. The fourth-order valence-electron chi connectivity index (χ4n) is 6.92. The first-order valence-electron chi connectivity index (χ1n) is 20.3. The predicted molar refractivity (Wildman–Crippen MR) is 216 cm³/mol. The summed E-state index contributed by atoms with van der Waals surface area (Å²) < 4.78 is 0. The monoisotopic (exact) mass is 780 g/mol. The third kappa shape index (κ3) is 15.8. The summed E-state index contributed by atoms with van der Waals surface area (Å²) in [6.07, 6.45) is 7.33. The lowest BCUT2D eigenvalue weighted by Crippen LogP contribution is -2.53. The average Bonchev–Trinajstić information content (AvgIpc) is 3.18. The number of nitrogen functional groups attached to an aromatic ring is 1. The summed E-state index contributed by atoms with van der Waals surface area (Å²) in [6.45, 7) is 7.56. The number of aromatic nitrogens is 2. The van der Waals surface area contributed by atoms with Crippen LogP contribution in [0.15, 0.2) is 30.3 Å². The molecular formula is C41H65N9O6. The topological polar surface area (TPSA) is 244 Å². The van der Waals surface area contributed by atoms with Gasteiger partial charge in [0.2, 0.25) is 29.5 Å². The Morgan fingerprint density at radius 2 is 1.55 bits per heavy atom. The van der Waals surface area contributed by atoms with Crippen molar-refractivity contribution in [2.45, 2.75) is 142 Å². The molecule has 0 saturated heterocycles. The number of aryl methyl sites for hydroxylation is 2. The maximum absolute atomic E-state index is 13.4. The highest BCUT2D eigenvalue weighted by molar-refractivity contribution is 5.91. The number of nitrogens with one attached hydrogen (secondary N) is 5. The molecule has 310 valence electrons. The van der Waals surface area contributed by atoms with Crippen molar-refractivity contribution in [3.63, 3.8) is 0 Å². The van der Waals surface area contributed by atoms with Crippen molar-refractivity contribution in [2.24, 2.45) is 17.6 Å². The van der Waals surface area contributed by atoms with E-state index in [4.69, 9.17) is 11.5 Å². The van der Waals surface area contributed by atoms with Gasteiger partial charge in [0.15, 0.2) is 0 Å². The Bertz CT molecular complexity index is 1570. The molecule has 0 bridgehead atoms. The van der Waals surface area contributed by atoms with E-state index in [-0.39, 0.29) is 55.9 Å².